The highest BCUT2D eigenvalue weighted by Crippen LogP contribution is 2.41. The van der Waals surface area contributed by atoms with Crippen molar-refractivity contribution in [1.29, 1.82) is 0 Å². The number of benzene rings is 1. The molecule has 1 aromatic carbocycles. The van der Waals surface area contributed by atoms with Crippen molar-refractivity contribution in [2.45, 2.75) is 59.1 Å². The number of likely N-dealkylation sites (tertiary alicyclic amines) is 1. The van der Waals surface area contributed by atoms with Gasteiger partial charge in [0.1, 0.15) is 11.4 Å². The summed E-state index contributed by atoms with van der Waals surface area (Å²) in [6.45, 7) is 9.12. The first-order valence-corrected chi connectivity index (χ1v) is 14.4. The highest BCUT2D eigenvalue weighted by molar-refractivity contribution is 7.19. The smallest absolute Gasteiger partial charge is 0.410 e. The van der Waals surface area contributed by atoms with Gasteiger partial charge in [-0.1, -0.05) is 18.2 Å². The molecule has 1 spiro atoms. The van der Waals surface area contributed by atoms with Gasteiger partial charge in [0.2, 0.25) is 11.8 Å². The van der Waals surface area contributed by atoms with Crippen LogP contribution in [0.1, 0.15) is 55.2 Å². The minimum atomic E-state index is -0.590. The molecule has 1 fully saturated rings. The molecule has 3 aromatic rings. The van der Waals surface area contributed by atoms with Gasteiger partial charge in [-0.15, -0.1) is 11.3 Å². The van der Waals surface area contributed by atoms with Gasteiger partial charge in [0.15, 0.2) is 0 Å². The van der Waals surface area contributed by atoms with Crippen molar-refractivity contribution in [2.75, 3.05) is 25.5 Å². The van der Waals surface area contributed by atoms with E-state index in [4.69, 9.17) is 4.74 Å². The van der Waals surface area contributed by atoms with Crippen LogP contribution in [0.4, 0.5) is 10.6 Å². The van der Waals surface area contributed by atoms with Crippen molar-refractivity contribution in [3.63, 3.8) is 0 Å². The fourth-order valence-corrected chi connectivity index (χ4v) is 6.63. The molecule has 2 aromatic heterocycles. The van der Waals surface area contributed by atoms with E-state index < -0.39 is 11.0 Å². The summed E-state index contributed by atoms with van der Waals surface area (Å²) in [5.41, 5.74) is 1.81. The van der Waals surface area contributed by atoms with E-state index in [-0.39, 0.29) is 17.9 Å². The van der Waals surface area contributed by atoms with E-state index in [2.05, 4.69) is 29.4 Å². The minimum absolute atomic E-state index is 0.0482. The van der Waals surface area contributed by atoms with Gasteiger partial charge in [-0.2, -0.15) is 0 Å². The topological polar surface area (TPSA) is 91.8 Å². The van der Waals surface area contributed by atoms with Crippen LogP contribution in [0.15, 0.2) is 42.6 Å². The molecule has 40 heavy (non-hydrogen) atoms. The van der Waals surface area contributed by atoms with E-state index in [0.717, 1.165) is 11.1 Å². The summed E-state index contributed by atoms with van der Waals surface area (Å²) in [5, 5.41) is 4.21. The molecule has 8 nitrogen and oxygen atoms in total. The molecule has 1 saturated heterocycles. The number of hydrogen-bond donors (Lipinski definition) is 1. The molecule has 9 heteroatoms. The predicted molar refractivity (Wildman–Crippen MR) is 158 cm³/mol. The van der Waals surface area contributed by atoms with Gasteiger partial charge in [0.25, 0.3) is 0 Å². The Labute approximate surface area is 239 Å². The zero-order chi connectivity index (χ0) is 28.7. The molecule has 0 unspecified atom stereocenters. The number of anilines is 1. The van der Waals surface area contributed by atoms with Gasteiger partial charge in [-0.05, 0) is 87.2 Å². The van der Waals surface area contributed by atoms with Crippen LogP contribution in [-0.2, 0) is 27.3 Å². The van der Waals surface area contributed by atoms with Crippen LogP contribution < -0.4 is 5.32 Å². The van der Waals surface area contributed by atoms with Gasteiger partial charge >= 0.3 is 6.09 Å². The number of fused-ring (bicyclic) bond motifs is 2. The number of amides is 3. The first kappa shape index (κ1) is 27.8. The lowest BCUT2D eigenvalue weighted by molar-refractivity contribution is -0.129. The lowest BCUT2D eigenvalue weighted by atomic mass is 9.71. The molecule has 2 aliphatic heterocycles. The number of thiophene rings is 1. The van der Waals surface area contributed by atoms with Crippen LogP contribution in [0.3, 0.4) is 0 Å². The van der Waals surface area contributed by atoms with Crippen molar-refractivity contribution in [2.24, 2.45) is 5.41 Å². The SMILES string of the molecule is Cc1c(CN(C)C(=O)C=Cc2cnc3c(c2)CC2(CCN(C(=O)OC(C)(C)C)CC2)C(=O)N3)sc2ccccc12. The number of aryl methyl sites for hydroxylation is 1. The van der Waals surface area contributed by atoms with Crippen molar-refractivity contribution < 1.29 is 19.1 Å². The average molecular weight is 561 g/mol. The van der Waals surface area contributed by atoms with Gasteiger partial charge in [0, 0.05) is 42.0 Å². The second-order valence-corrected chi connectivity index (χ2v) is 13.0. The van der Waals surface area contributed by atoms with E-state index in [1.807, 2.05) is 46.0 Å². The number of likely N-dealkylation sites (N-methyl/N-ethyl adjacent to an activating group) is 1. The molecule has 4 heterocycles. The monoisotopic (exact) mass is 560 g/mol. The Morgan fingerprint density at radius 2 is 1.95 bits per heavy atom. The molecule has 2 aliphatic rings. The van der Waals surface area contributed by atoms with Crippen LogP contribution in [-0.4, -0.2) is 58.4 Å². The summed E-state index contributed by atoms with van der Waals surface area (Å²) in [6.07, 6.45) is 6.33. The average Bonchev–Trinajstić information content (AvgIpc) is 3.22. The fourth-order valence-electron chi connectivity index (χ4n) is 5.36. The fraction of sp³-hybridized carbons (Fsp3) is 0.419. The van der Waals surface area contributed by atoms with E-state index in [1.54, 1.807) is 39.5 Å². The standard InChI is InChI=1S/C31H36N4O4S/c1-20-23-8-6-7-9-24(23)40-25(20)19-34(5)26(36)11-10-21-16-22-17-31(28(37)33-27(22)32-18-21)12-14-35(15-13-31)29(38)39-30(2,3)4/h6-11,16,18H,12-15,17,19H2,1-5H3,(H,32,33,37). The number of rotatable bonds is 4. The first-order valence-electron chi connectivity index (χ1n) is 13.6. The third-order valence-corrected chi connectivity index (χ3v) is 8.98. The number of pyridine rings is 1. The summed E-state index contributed by atoms with van der Waals surface area (Å²) >= 11 is 1.72. The highest BCUT2D eigenvalue weighted by atomic mass is 32.1. The Morgan fingerprint density at radius 3 is 2.65 bits per heavy atom. The molecule has 0 saturated carbocycles. The number of ether oxygens (including phenoxy) is 1. The Kier molecular flexibility index (Phi) is 7.44. The number of hydrogen-bond acceptors (Lipinski definition) is 6. The van der Waals surface area contributed by atoms with Crippen molar-refractivity contribution in [3.05, 3.63) is 64.2 Å². The van der Waals surface area contributed by atoms with E-state index >= 15 is 0 Å². The minimum Gasteiger partial charge on any atom is -0.444 e. The maximum atomic E-state index is 13.1. The van der Waals surface area contributed by atoms with Gasteiger partial charge in [-0.3, -0.25) is 9.59 Å². The zero-order valence-corrected chi connectivity index (χ0v) is 24.6. The van der Waals surface area contributed by atoms with Crippen molar-refractivity contribution in [3.8, 4) is 0 Å². The Balaban J connectivity index is 1.24. The molecule has 0 bridgehead atoms. The van der Waals surface area contributed by atoms with Crippen LogP contribution in [0, 0.1) is 12.3 Å². The lowest BCUT2D eigenvalue weighted by Gasteiger charge is -2.43. The van der Waals surface area contributed by atoms with Gasteiger partial charge in [0.05, 0.1) is 12.0 Å². The third kappa shape index (κ3) is 5.75. The Hall–Kier alpha value is -3.72. The summed E-state index contributed by atoms with van der Waals surface area (Å²) in [7, 11) is 1.81. The summed E-state index contributed by atoms with van der Waals surface area (Å²) in [6, 6.07) is 10.3. The highest BCUT2D eigenvalue weighted by Gasteiger charge is 2.46. The number of nitrogens with one attached hydrogen (secondary N) is 1. The lowest BCUT2D eigenvalue weighted by Crippen LogP contribution is -2.51. The number of piperidine rings is 1. The van der Waals surface area contributed by atoms with Crippen LogP contribution in [0.2, 0.25) is 0 Å². The Morgan fingerprint density at radius 1 is 1.23 bits per heavy atom. The number of carbonyl (C=O) groups excluding carboxylic acids is 3. The van der Waals surface area contributed by atoms with Crippen LogP contribution >= 0.6 is 11.3 Å². The molecule has 5 rings (SSSR count). The van der Waals surface area contributed by atoms with E-state index in [1.165, 1.54) is 20.5 Å². The van der Waals surface area contributed by atoms with Crippen molar-refractivity contribution in [1.82, 2.24) is 14.8 Å². The second-order valence-electron chi connectivity index (χ2n) is 11.8. The number of nitrogens with zero attached hydrogens (tertiary/aromatic N) is 3. The van der Waals surface area contributed by atoms with Gasteiger partial charge < -0.3 is 19.9 Å². The largest absolute Gasteiger partial charge is 0.444 e. The van der Waals surface area contributed by atoms with Gasteiger partial charge in [-0.25, -0.2) is 9.78 Å². The number of aromatic nitrogens is 1. The molecular formula is C31H36N4O4S. The molecule has 1 N–H and O–H groups in total. The summed E-state index contributed by atoms with van der Waals surface area (Å²) in [4.78, 5) is 47.6. The molecule has 0 radical (unpaired) electrons. The summed E-state index contributed by atoms with van der Waals surface area (Å²) < 4.78 is 6.73. The Bertz CT molecular complexity index is 1490. The predicted octanol–water partition coefficient (Wildman–Crippen LogP) is 5.79. The van der Waals surface area contributed by atoms with Crippen LogP contribution in [0.5, 0.6) is 0 Å². The van der Waals surface area contributed by atoms with E-state index in [0.29, 0.717) is 44.7 Å². The van der Waals surface area contributed by atoms with Crippen molar-refractivity contribution >= 4 is 51.2 Å². The third-order valence-electron chi connectivity index (χ3n) is 7.72. The normalized spacial score (nSPS) is 16.7. The quantitative estimate of drug-likeness (QED) is 0.408. The molecular weight excluding hydrogens is 524 g/mol. The van der Waals surface area contributed by atoms with Crippen LogP contribution in [0.25, 0.3) is 16.2 Å². The second kappa shape index (κ2) is 10.7. The molecule has 0 aliphatic carbocycles. The molecule has 210 valence electrons. The zero-order valence-electron chi connectivity index (χ0n) is 23.7. The molecule has 3 amide bonds. The maximum absolute atomic E-state index is 13.1. The first-order chi connectivity index (χ1) is 18.9. The number of carbonyl (C=O) groups is 3. The van der Waals surface area contributed by atoms with E-state index in [9.17, 15) is 14.4 Å². The summed E-state index contributed by atoms with van der Waals surface area (Å²) in [5.74, 6) is 0.424. The molecule has 0 atom stereocenters. The maximum Gasteiger partial charge on any atom is 0.410 e.